The Bertz CT molecular complexity index is 1720. The van der Waals surface area contributed by atoms with Gasteiger partial charge in [0.15, 0.2) is 15.6 Å². The van der Waals surface area contributed by atoms with Crippen LogP contribution < -0.4 is 9.47 Å². The average Bonchev–Trinajstić information content (AvgIpc) is 3.08. The van der Waals surface area contributed by atoms with Gasteiger partial charge in [-0.3, -0.25) is 4.79 Å². The Morgan fingerprint density at radius 1 is 0.787 bits per heavy atom. The fourth-order valence-corrected chi connectivity index (χ4v) is 6.37. The molecule has 1 heterocycles. The van der Waals surface area contributed by atoms with E-state index in [-0.39, 0.29) is 40.5 Å². The lowest BCUT2D eigenvalue weighted by Gasteiger charge is -2.13. The standard InChI is InChI=1S/C37H44N2O7S/c1-4-6-7-8-9-12-21-44-31-23-38-36(39-24-31)37(41)46-30-17-19-32(20-18-30)47(42,43)26-29-16-15-28(33-13-10-11-14-34(29)33)22-35(40)45-25-27(3)5-2/h10-11,13-20,23-24,27H,4-9,12,21-22,25-26H2,1-3H3. The number of esters is 2. The van der Waals surface area contributed by atoms with Crippen molar-refractivity contribution in [2.45, 2.75) is 82.8 Å². The van der Waals surface area contributed by atoms with Crippen LogP contribution in [-0.2, 0) is 31.5 Å². The highest BCUT2D eigenvalue weighted by Gasteiger charge is 2.20. The Balaban J connectivity index is 1.34. The van der Waals surface area contributed by atoms with Gasteiger partial charge in [0.25, 0.3) is 0 Å². The van der Waals surface area contributed by atoms with Gasteiger partial charge in [-0.05, 0) is 58.5 Å². The topological polar surface area (TPSA) is 122 Å². The van der Waals surface area contributed by atoms with Crippen LogP contribution in [0.15, 0.2) is 78.0 Å². The largest absolute Gasteiger partial charge is 0.490 e. The number of ether oxygens (including phenoxy) is 3. The molecule has 0 aliphatic rings. The predicted molar refractivity (Wildman–Crippen MR) is 181 cm³/mol. The Hall–Kier alpha value is -4.31. The van der Waals surface area contributed by atoms with E-state index in [0.717, 1.165) is 35.6 Å². The van der Waals surface area contributed by atoms with Gasteiger partial charge in [0, 0.05) is 0 Å². The zero-order valence-corrected chi connectivity index (χ0v) is 28.3. The SMILES string of the molecule is CCCCCCCCOc1cnc(C(=O)Oc2ccc(S(=O)(=O)Cc3ccc(CC(=O)OCC(C)CC)c4ccccc34)cc2)nc1. The monoisotopic (exact) mass is 660 g/mol. The molecule has 1 aromatic heterocycles. The highest BCUT2D eigenvalue weighted by molar-refractivity contribution is 7.90. The maximum atomic E-state index is 13.4. The number of fused-ring (bicyclic) bond motifs is 1. The molecule has 0 aliphatic heterocycles. The third-order valence-corrected chi connectivity index (χ3v) is 9.66. The Morgan fingerprint density at radius 3 is 2.11 bits per heavy atom. The van der Waals surface area contributed by atoms with E-state index in [1.807, 2.05) is 38.1 Å². The van der Waals surface area contributed by atoms with Crippen LogP contribution >= 0.6 is 0 Å². The third kappa shape index (κ3) is 10.6. The van der Waals surface area contributed by atoms with Crippen molar-refractivity contribution in [2.24, 2.45) is 5.92 Å². The minimum absolute atomic E-state index is 0.0854. The van der Waals surface area contributed by atoms with Gasteiger partial charge in [-0.1, -0.05) is 95.7 Å². The fourth-order valence-electron chi connectivity index (χ4n) is 4.99. The molecular formula is C37H44N2O7S. The Labute approximate surface area is 277 Å². The molecule has 1 atom stereocenters. The zero-order valence-electron chi connectivity index (χ0n) is 27.4. The van der Waals surface area contributed by atoms with Crippen molar-refractivity contribution < 1.29 is 32.2 Å². The predicted octanol–water partition coefficient (Wildman–Crippen LogP) is 7.69. The van der Waals surface area contributed by atoms with E-state index in [1.165, 1.54) is 62.3 Å². The first-order valence-corrected chi connectivity index (χ1v) is 18.0. The van der Waals surface area contributed by atoms with Crippen LogP contribution in [0.1, 0.15) is 87.5 Å². The van der Waals surface area contributed by atoms with Crippen LogP contribution in [0.2, 0.25) is 0 Å². The molecular weight excluding hydrogens is 616 g/mol. The molecule has 4 rings (SSSR count). The van der Waals surface area contributed by atoms with E-state index in [9.17, 15) is 18.0 Å². The van der Waals surface area contributed by atoms with Gasteiger partial charge in [0.1, 0.15) is 5.75 Å². The van der Waals surface area contributed by atoms with Gasteiger partial charge in [0.2, 0.25) is 5.82 Å². The van der Waals surface area contributed by atoms with Crippen molar-refractivity contribution in [3.8, 4) is 11.5 Å². The molecule has 250 valence electrons. The van der Waals surface area contributed by atoms with Gasteiger partial charge in [-0.2, -0.15) is 0 Å². The number of rotatable bonds is 18. The molecule has 4 aromatic rings. The molecule has 0 N–H and O–H groups in total. The lowest BCUT2D eigenvalue weighted by Crippen LogP contribution is -2.14. The maximum absolute atomic E-state index is 13.4. The van der Waals surface area contributed by atoms with E-state index in [1.54, 1.807) is 12.1 Å². The van der Waals surface area contributed by atoms with E-state index in [4.69, 9.17) is 14.2 Å². The summed E-state index contributed by atoms with van der Waals surface area (Å²) in [6.45, 7) is 7.20. The molecule has 0 aliphatic carbocycles. The first-order valence-electron chi connectivity index (χ1n) is 16.3. The lowest BCUT2D eigenvalue weighted by atomic mass is 9.98. The van der Waals surface area contributed by atoms with Crippen LogP contribution in [-0.4, -0.2) is 43.5 Å². The molecule has 3 aromatic carbocycles. The second kappa shape index (κ2) is 17.6. The summed E-state index contributed by atoms with van der Waals surface area (Å²) in [4.78, 5) is 33.3. The van der Waals surface area contributed by atoms with E-state index < -0.39 is 15.8 Å². The molecule has 0 spiro atoms. The number of hydrogen-bond acceptors (Lipinski definition) is 9. The summed E-state index contributed by atoms with van der Waals surface area (Å²) in [5.74, 6) is -0.524. The van der Waals surface area contributed by atoms with Crippen LogP contribution in [0.3, 0.4) is 0 Å². The summed E-state index contributed by atoms with van der Waals surface area (Å²) < 4.78 is 43.3. The summed E-state index contributed by atoms with van der Waals surface area (Å²) in [7, 11) is -3.75. The summed E-state index contributed by atoms with van der Waals surface area (Å²) in [6.07, 6.45) is 10.8. The molecule has 0 fully saturated rings. The Morgan fingerprint density at radius 2 is 1.43 bits per heavy atom. The summed E-state index contributed by atoms with van der Waals surface area (Å²) in [5, 5.41) is 1.57. The number of sulfone groups is 1. The van der Waals surface area contributed by atoms with Gasteiger partial charge in [-0.25, -0.2) is 23.2 Å². The number of benzene rings is 3. The van der Waals surface area contributed by atoms with Gasteiger partial charge in [-0.15, -0.1) is 0 Å². The van der Waals surface area contributed by atoms with Crippen LogP contribution in [0.5, 0.6) is 11.5 Å². The number of aromatic nitrogens is 2. The van der Waals surface area contributed by atoms with Crippen molar-refractivity contribution in [3.63, 3.8) is 0 Å². The highest BCUT2D eigenvalue weighted by atomic mass is 32.2. The zero-order chi connectivity index (χ0) is 33.6. The number of nitrogens with zero attached hydrogens (tertiary/aromatic N) is 2. The molecule has 1 unspecified atom stereocenters. The first kappa shape index (κ1) is 35.5. The normalized spacial score (nSPS) is 12.1. The number of carbonyl (C=O) groups excluding carboxylic acids is 2. The lowest BCUT2D eigenvalue weighted by molar-refractivity contribution is -0.144. The first-order chi connectivity index (χ1) is 22.7. The molecule has 0 amide bonds. The number of unbranched alkanes of at least 4 members (excludes halogenated alkanes) is 5. The quantitative estimate of drug-likeness (QED) is 0.0600. The minimum Gasteiger partial charge on any atom is -0.490 e. The van der Waals surface area contributed by atoms with E-state index >= 15 is 0 Å². The van der Waals surface area contributed by atoms with Crippen LogP contribution in [0, 0.1) is 5.92 Å². The smallest absolute Gasteiger partial charge is 0.381 e. The molecule has 0 saturated heterocycles. The van der Waals surface area contributed by atoms with Crippen molar-refractivity contribution in [2.75, 3.05) is 13.2 Å². The second-order valence-corrected chi connectivity index (χ2v) is 13.8. The second-order valence-electron chi connectivity index (χ2n) is 11.8. The van der Waals surface area contributed by atoms with Crippen LogP contribution in [0.25, 0.3) is 10.8 Å². The maximum Gasteiger partial charge on any atom is 0.381 e. The van der Waals surface area contributed by atoms with Crippen molar-refractivity contribution in [1.82, 2.24) is 9.97 Å². The number of hydrogen-bond donors (Lipinski definition) is 0. The average molecular weight is 661 g/mol. The summed E-state index contributed by atoms with van der Waals surface area (Å²) in [6, 6.07) is 16.6. The molecule has 9 nitrogen and oxygen atoms in total. The molecule has 0 saturated carbocycles. The molecule has 0 radical (unpaired) electrons. The van der Waals surface area contributed by atoms with Gasteiger partial charge < -0.3 is 14.2 Å². The van der Waals surface area contributed by atoms with E-state index in [2.05, 4.69) is 16.9 Å². The van der Waals surface area contributed by atoms with Crippen molar-refractivity contribution in [3.05, 3.63) is 90.0 Å². The highest BCUT2D eigenvalue weighted by Crippen LogP contribution is 2.28. The Kier molecular flexibility index (Phi) is 13.3. The van der Waals surface area contributed by atoms with Crippen LogP contribution in [0.4, 0.5) is 0 Å². The van der Waals surface area contributed by atoms with Crippen molar-refractivity contribution in [1.29, 1.82) is 0 Å². The molecule has 47 heavy (non-hydrogen) atoms. The molecule has 10 heteroatoms. The summed E-state index contributed by atoms with van der Waals surface area (Å²) in [5.41, 5.74) is 1.39. The van der Waals surface area contributed by atoms with E-state index in [0.29, 0.717) is 24.5 Å². The summed E-state index contributed by atoms with van der Waals surface area (Å²) >= 11 is 0. The van der Waals surface area contributed by atoms with Gasteiger partial charge >= 0.3 is 11.9 Å². The minimum atomic E-state index is -3.75. The van der Waals surface area contributed by atoms with Crippen molar-refractivity contribution >= 4 is 32.5 Å². The fraction of sp³-hybridized carbons (Fsp3) is 0.405. The molecule has 0 bridgehead atoms. The third-order valence-electron chi connectivity index (χ3n) is 7.98. The van der Waals surface area contributed by atoms with Gasteiger partial charge in [0.05, 0.1) is 42.7 Å². The number of carbonyl (C=O) groups is 2.